The summed E-state index contributed by atoms with van der Waals surface area (Å²) in [7, 11) is 0. The van der Waals surface area contributed by atoms with Crippen LogP contribution in [0.3, 0.4) is 0 Å². The SMILES string of the molecule is c1cnnc(C2CCC3(CCCN3)CC2)c1. The van der Waals surface area contributed by atoms with Gasteiger partial charge in [0.25, 0.3) is 0 Å². The largest absolute Gasteiger partial charge is 0.311 e. The van der Waals surface area contributed by atoms with E-state index in [4.69, 9.17) is 0 Å². The van der Waals surface area contributed by atoms with E-state index in [0.717, 1.165) is 0 Å². The Morgan fingerprint density at radius 3 is 2.75 bits per heavy atom. The predicted molar refractivity (Wildman–Crippen MR) is 63.2 cm³/mol. The van der Waals surface area contributed by atoms with Gasteiger partial charge in [0.15, 0.2) is 0 Å². The monoisotopic (exact) mass is 217 g/mol. The summed E-state index contributed by atoms with van der Waals surface area (Å²) < 4.78 is 0. The molecule has 2 fully saturated rings. The molecule has 1 aliphatic heterocycles. The van der Waals surface area contributed by atoms with Crippen molar-refractivity contribution in [3.05, 3.63) is 24.0 Å². The van der Waals surface area contributed by atoms with Crippen LogP contribution < -0.4 is 5.32 Å². The molecule has 86 valence electrons. The van der Waals surface area contributed by atoms with Crippen molar-refractivity contribution < 1.29 is 0 Å². The van der Waals surface area contributed by atoms with Crippen LogP contribution in [0.25, 0.3) is 0 Å². The molecule has 3 nitrogen and oxygen atoms in total. The second-order valence-corrected chi connectivity index (χ2v) is 5.23. The van der Waals surface area contributed by atoms with Crippen molar-refractivity contribution in [2.75, 3.05) is 6.54 Å². The fraction of sp³-hybridized carbons (Fsp3) is 0.692. The van der Waals surface area contributed by atoms with E-state index in [1.807, 2.05) is 6.07 Å². The van der Waals surface area contributed by atoms with E-state index < -0.39 is 0 Å². The molecule has 3 heteroatoms. The molecule has 0 unspecified atom stereocenters. The number of hydrogen-bond acceptors (Lipinski definition) is 3. The molecule has 1 aromatic heterocycles. The minimum atomic E-state index is 0.485. The van der Waals surface area contributed by atoms with Gasteiger partial charge in [0.05, 0.1) is 5.69 Å². The molecular weight excluding hydrogens is 198 g/mol. The van der Waals surface area contributed by atoms with E-state index in [-0.39, 0.29) is 0 Å². The average Bonchev–Trinajstić information content (AvgIpc) is 2.80. The number of aromatic nitrogens is 2. The lowest BCUT2D eigenvalue weighted by atomic mass is 9.75. The Kier molecular flexibility index (Phi) is 2.64. The van der Waals surface area contributed by atoms with Crippen LogP contribution in [0.4, 0.5) is 0 Å². The fourth-order valence-corrected chi connectivity index (χ4v) is 3.29. The Hall–Kier alpha value is -0.960. The van der Waals surface area contributed by atoms with Gasteiger partial charge in [0.2, 0.25) is 0 Å². The van der Waals surface area contributed by atoms with E-state index in [2.05, 4.69) is 21.6 Å². The summed E-state index contributed by atoms with van der Waals surface area (Å²) in [5, 5.41) is 11.9. The number of hydrogen-bond donors (Lipinski definition) is 1. The normalized spacial score (nSPS) is 34.4. The van der Waals surface area contributed by atoms with Crippen molar-refractivity contribution in [1.82, 2.24) is 15.5 Å². The molecule has 0 aromatic carbocycles. The van der Waals surface area contributed by atoms with Crippen molar-refractivity contribution >= 4 is 0 Å². The zero-order valence-electron chi connectivity index (χ0n) is 9.65. The number of nitrogens with one attached hydrogen (secondary N) is 1. The third kappa shape index (κ3) is 1.84. The first-order valence-corrected chi connectivity index (χ1v) is 6.41. The quantitative estimate of drug-likeness (QED) is 0.784. The van der Waals surface area contributed by atoms with Gasteiger partial charge < -0.3 is 5.32 Å². The highest BCUT2D eigenvalue weighted by atomic mass is 15.1. The zero-order valence-corrected chi connectivity index (χ0v) is 9.65. The molecule has 1 spiro atoms. The molecule has 2 heterocycles. The van der Waals surface area contributed by atoms with E-state index in [0.29, 0.717) is 11.5 Å². The second-order valence-electron chi connectivity index (χ2n) is 5.23. The molecule has 0 bridgehead atoms. The van der Waals surface area contributed by atoms with Crippen LogP contribution >= 0.6 is 0 Å². The van der Waals surface area contributed by atoms with Gasteiger partial charge in [-0.15, -0.1) is 0 Å². The van der Waals surface area contributed by atoms with Crippen LogP contribution in [-0.4, -0.2) is 22.3 Å². The minimum absolute atomic E-state index is 0.485. The molecule has 2 aliphatic rings. The van der Waals surface area contributed by atoms with Crippen molar-refractivity contribution in [1.29, 1.82) is 0 Å². The Morgan fingerprint density at radius 1 is 1.25 bits per heavy atom. The first-order valence-electron chi connectivity index (χ1n) is 6.41. The third-order valence-corrected chi connectivity index (χ3v) is 4.29. The Bertz CT molecular complexity index is 333. The van der Waals surface area contributed by atoms with Gasteiger partial charge in [-0.05, 0) is 57.2 Å². The van der Waals surface area contributed by atoms with Crippen LogP contribution in [0.15, 0.2) is 18.3 Å². The van der Waals surface area contributed by atoms with Gasteiger partial charge in [-0.25, -0.2) is 0 Å². The van der Waals surface area contributed by atoms with E-state index in [1.165, 1.54) is 50.8 Å². The predicted octanol–water partition coefficient (Wildman–Crippen LogP) is 2.26. The summed E-state index contributed by atoms with van der Waals surface area (Å²) in [6, 6.07) is 4.12. The van der Waals surface area contributed by atoms with Gasteiger partial charge in [0.1, 0.15) is 0 Å². The zero-order chi connectivity index (χ0) is 10.8. The highest BCUT2D eigenvalue weighted by Gasteiger charge is 2.37. The van der Waals surface area contributed by atoms with Gasteiger partial charge in [-0.1, -0.05) is 0 Å². The number of nitrogens with zero attached hydrogens (tertiary/aromatic N) is 2. The van der Waals surface area contributed by atoms with Gasteiger partial charge in [-0.2, -0.15) is 10.2 Å². The van der Waals surface area contributed by atoms with E-state index in [9.17, 15) is 0 Å². The maximum Gasteiger partial charge on any atom is 0.0662 e. The fourth-order valence-electron chi connectivity index (χ4n) is 3.29. The summed E-state index contributed by atoms with van der Waals surface area (Å²) in [6.45, 7) is 1.22. The molecule has 1 aromatic rings. The summed E-state index contributed by atoms with van der Waals surface area (Å²) in [4.78, 5) is 0. The lowest BCUT2D eigenvalue weighted by Crippen LogP contribution is -2.42. The van der Waals surface area contributed by atoms with Gasteiger partial charge in [0, 0.05) is 17.7 Å². The van der Waals surface area contributed by atoms with Gasteiger partial charge in [-0.3, -0.25) is 0 Å². The first kappa shape index (κ1) is 10.2. The highest BCUT2D eigenvalue weighted by Crippen LogP contribution is 2.41. The van der Waals surface area contributed by atoms with Crippen LogP contribution in [0.1, 0.15) is 50.1 Å². The van der Waals surface area contributed by atoms with Gasteiger partial charge >= 0.3 is 0 Å². The second kappa shape index (κ2) is 4.13. The maximum atomic E-state index is 4.25. The molecule has 1 saturated carbocycles. The lowest BCUT2D eigenvalue weighted by Gasteiger charge is -2.37. The van der Waals surface area contributed by atoms with E-state index in [1.54, 1.807) is 6.20 Å². The molecule has 1 N–H and O–H groups in total. The van der Waals surface area contributed by atoms with E-state index >= 15 is 0 Å². The van der Waals surface area contributed by atoms with Crippen LogP contribution in [0, 0.1) is 0 Å². The molecule has 3 rings (SSSR count). The molecule has 1 saturated heterocycles. The van der Waals surface area contributed by atoms with Crippen LogP contribution in [-0.2, 0) is 0 Å². The third-order valence-electron chi connectivity index (χ3n) is 4.29. The molecule has 1 aliphatic carbocycles. The van der Waals surface area contributed by atoms with Crippen molar-refractivity contribution in [3.63, 3.8) is 0 Å². The Labute approximate surface area is 96.7 Å². The average molecular weight is 217 g/mol. The van der Waals surface area contributed by atoms with Crippen molar-refractivity contribution in [2.24, 2.45) is 0 Å². The van der Waals surface area contributed by atoms with Crippen molar-refractivity contribution in [3.8, 4) is 0 Å². The Morgan fingerprint density at radius 2 is 2.12 bits per heavy atom. The Balaban J connectivity index is 1.66. The van der Waals surface area contributed by atoms with Crippen LogP contribution in [0.2, 0.25) is 0 Å². The lowest BCUT2D eigenvalue weighted by molar-refractivity contribution is 0.241. The number of rotatable bonds is 1. The summed E-state index contributed by atoms with van der Waals surface area (Å²) in [6.07, 6.45) is 9.65. The minimum Gasteiger partial charge on any atom is -0.311 e. The molecule has 0 atom stereocenters. The molecule has 0 radical (unpaired) electrons. The maximum absolute atomic E-state index is 4.25. The molecular formula is C13H19N3. The molecule has 16 heavy (non-hydrogen) atoms. The highest BCUT2D eigenvalue weighted by molar-refractivity contribution is 5.10. The molecule has 0 amide bonds. The topological polar surface area (TPSA) is 37.8 Å². The van der Waals surface area contributed by atoms with Crippen molar-refractivity contribution in [2.45, 2.75) is 50.0 Å². The van der Waals surface area contributed by atoms with Crippen LogP contribution in [0.5, 0.6) is 0 Å². The standard InChI is InChI=1S/C13H19N3/c1-3-12(16-15-10-1)11-4-7-13(8-5-11)6-2-9-14-13/h1,3,10-11,14H,2,4-9H2. The smallest absolute Gasteiger partial charge is 0.0662 e. The first-order chi connectivity index (χ1) is 7.88. The summed E-state index contributed by atoms with van der Waals surface area (Å²) >= 11 is 0. The summed E-state index contributed by atoms with van der Waals surface area (Å²) in [5.41, 5.74) is 1.67. The summed E-state index contributed by atoms with van der Waals surface area (Å²) in [5.74, 6) is 0.640.